The van der Waals surface area contributed by atoms with Crippen molar-refractivity contribution in [3.8, 4) is 0 Å². The van der Waals surface area contributed by atoms with Crippen molar-refractivity contribution in [2.45, 2.75) is 19.3 Å². The predicted molar refractivity (Wildman–Crippen MR) is 90.5 cm³/mol. The predicted octanol–water partition coefficient (Wildman–Crippen LogP) is 2.27. The van der Waals surface area contributed by atoms with Crippen molar-refractivity contribution in [1.82, 2.24) is 9.14 Å². The number of carbonyl (C=O) groups is 1. The molecule has 0 aromatic heterocycles. The summed E-state index contributed by atoms with van der Waals surface area (Å²) >= 11 is 11.9. The Morgan fingerprint density at radius 1 is 1.27 bits per heavy atom. The van der Waals surface area contributed by atoms with Crippen LogP contribution in [0.3, 0.4) is 0 Å². The highest BCUT2D eigenvalue weighted by Gasteiger charge is 2.42. The van der Waals surface area contributed by atoms with Crippen molar-refractivity contribution in [3.05, 3.63) is 39.5 Å². The van der Waals surface area contributed by atoms with Crippen LogP contribution in [-0.2, 0) is 21.2 Å². The van der Waals surface area contributed by atoms with E-state index in [9.17, 15) is 26.4 Å². The summed E-state index contributed by atoms with van der Waals surface area (Å²) < 4.78 is 65.9. The third-order valence-electron chi connectivity index (χ3n) is 3.43. The average Bonchev–Trinajstić information content (AvgIpc) is 2.84. The van der Waals surface area contributed by atoms with Gasteiger partial charge in [-0.15, -0.1) is 0 Å². The molecule has 1 aliphatic heterocycles. The first-order valence-corrected chi connectivity index (χ1v) is 9.08. The monoisotopic (exact) mass is 432 g/mol. The Balaban J connectivity index is 2.69. The van der Waals surface area contributed by atoms with Gasteiger partial charge in [-0.05, 0) is 18.2 Å². The number of hydrazine groups is 1. The van der Waals surface area contributed by atoms with Gasteiger partial charge in [0.2, 0.25) is 0 Å². The number of Topliss-reactive ketones (excluding diaryl/α,β-unsaturated/α-hetero) is 1. The van der Waals surface area contributed by atoms with Crippen LogP contribution in [0.5, 0.6) is 0 Å². The van der Waals surface area contributed by atoms with Crippen LogP contribution < -0.4 is 15.5 Å². The number of hydrogen-bond donors (Lipinski definition) is 2. The van der Waals surface area contributed by atoms with Crippen LogP contribution in [0.1, 0.15) is 12.5 Å². The highest BCUT2D eigenvalue weighted by atomic mass is 35.5. The van der Waals surface area contributed by atoms with Crippen LogP contribution in [0.25, 0.3) is 0 Å². The molecule has 0 fully saturated rings. The van der Waals surface area contributed by atoms with E-state index in [2.05, 4.69) is 0 Å². The van der Waals surface area contributed by atoms with Crippen molar-refractivity contribution in [2.24, 2.45) is 5.73 Å². The SMILES string of the molecule is CNS(=O)(=O)N1C(C(C)=O)=CC(N)N1c1c(Cl)cc(C(F)(F)F)cc1Cl. The highest BCUT2D eigenvalue weighted by molar-refractivity contribution is 7.87. The maximum atomic E-state index is 12.9. The zero-order valence-corrected chi connectivity index (χ0v) is 15.6. The van der Waals surface area contributed by atoms with Crippen molar-refractivity contribution in [3.63, 3.8) is 0 Å². The molecule has 0 spiro atoms. The van der Waals surface area contributed by atoms with Crippen LogP contribution in [0, 0.1) is 0 Å². The topological polar surface area (TPSA) is 95.7 Å². The summed E-state index contributed by atoms with van der Waals surface area (Å²) in [5.41, 5.74) is 4.15. The van der Waals surface area contributed by atoms with Gasteiger partial charge in [-0.1, -0.05) is 23.2 Å². The molecular formula is C13H13Cl2F3N4O3S. The molecule has 144 valence electrons. The molecule has 0 bridgehead atoms. The zero-order valence-electron chi connectivity index (χ0n) is 13.3. The molecule has 0 saturated carbocycles. The number of halogens is 5. The maximum Gasteiger partial charge on any atom is 0.416 e. The van der Waals surface area contributed by atoms with E-state index in [0.717, 1.165) is 25.1 Å². The first-order valence-electron chi connectivity index (χ1n) is 6.88. The van der Waals surface area contributed by atoms with E-state index in [4.69, 9.17) is 28.9 Å². The Hall–Kier alpha value is -1.53. The molecule has 1 aromatic rings. The van der Waals surface area contributed by atoms with Crippen LogP contribution in [0.15, 0.2) is 23.9 Å². The molecule has 13 heteroatoms. The van der Waals surface area contributed by atoms with E-state index in [1.165, 1.54) is 0 Å². The fourth-order valence-electron chi connectivity index (χ4n) is 2.31. The van der Waals surface area contributed by atoms with Gasteiger partial charge in [0.1, 0.15) is 11.9 Å². The standard InChI is InChI=1S/C13H13Cl2F3N4O3S/c1-6(23)10-5-11(19)21(22(10)26(24,25)20-2)12-8(14)3-7(4-9(12)15)13(16,17)18/h3-5,11,20H,19H2,1-2H3. The number of carbonyl (C=O) groups excluding carboxylic acids is 1. The van der Waals surface area contributed by atoms with E-state index in [0.29, 0.717) is 16.5 Å². The van der Waals surface area contributed by atoms with Crippen molar-refractivity contribution >= 4 is 44.9 Å². The molecule has 1 unspecified atom stereocenters. The number of rotatable bonds is 4. The van der Waals surface area contributed by atoms with Crippen molar-refractivity contribution in [1.29, 1.82) is 0 Å². The minimum atomic E-state index is -4.71. The van der Waals surface area contributed by atoms with Gasteiger partial charge in [-0.3, -0.25) is 4.79 Å². The molecule has 0 amide bonds. The van der Waals surface area contributed by atoms with E-state index in [1.807, 2.05) is 4.72 Å². The van der Waals surface area contributed by atoms with E-state index in [1.54, 1.807) is 0 Å². The summed E-state index contributed by atoms with van der Waals surface area (Å²) in [6.07, 6.45) is -4.80. The van der Waals surface area contributed by atoms with Crippen LogP contribution >= 0.6 is 23.2 Å². The molecule has 1 aromatic carbocycles. The number of ketones is 1. The minimum absolute atomic E-state index is 0.292. The summed E-state index contributed by atoms with van der Waals surface area (Å²) in [5.74, 6) is -0.638. The first-order chi connectivity index (χ1) is 11.8. The smallest absolute Gasteiger partial charge is 0.306 e. The lowest BCUT2D eigenvalue weighted by atomic mass is 10.2. The number of alkyl halides is 3. The van der Waals surface area contributed by atoms with Gasteiger partial charge in [0.05, 0.1) is 21.3 Å². The summed E-state index contributed by atoms with van der Waals surface area (Å²) in [7, 11) is -3.21. The number of hydrogen-bond acceptors (Lipinski definition) is 5. The number of anilines is 1. The van der Waals surface area contributed by atoms with Gasteiger partial charge >= 0.3 is 16.4 Å². The lowest BCUT2D eigenvalue weighted by molar-refractivity contribution is -0.137. The fourth-order valence-corrected chi connectivity index (χ4v) is 4.01. The van der Waals surface area contributed by atoms with Gasteiger partial charge in [-0.2, -0.15) is 30.7 Å². The zero-order chi connectivity index (χ0) is 20.0. The fraction of sp³-hybridized carbons (Fsp3) is 0.308. The summed E-state index contributed by atoms with van der Waals surface area (Å²) in [6, 6.07) is 1.18. The molecule has 0 saturated heterocycles. The lowest BCUT2D eigenvalue weighted by Crippen LogP contribution is -2.53. The van der Waals surface area contributed by atoms with E-state index >= 15 is 0 Å². The molecule has 1 heterocycles. The Kier molecular flexibility index (Phi) is 5.51. The Morgan fingerprint density at radius 3 is 2.15 bits per heavy atom. The molecule has 7 nitrogen and oxygen atoms in total. The lowest BCUT2D eigenvalue weighted by Gasteiger charge is -2.35. The molecule has 1 aliphatic rings. The second kappa shape index (κ2) is 6.89. The number of nitrogens with one attached hydrogen (secondary N) is 1. The molecule has 0 aliphatic carbocycles. The van der Waals surface area contributed by atoms with Gasteiger partial charge in [0.15, 0.2) is 5.78 Å². The maximum absolute atomic E-state index is 12.9. The Labute approximate surface area is 157 Å². The number of benzene rings is 1. The summed E-state index contributed by atoms with van der Waals surface area (Å²) in [6.45, 7) is 1.11. The molecule has 2 rings (SSSR count). The van der Waals surface area contributed by atoms with Gasteiger partial charge in [-0.25, -0.2) is 5.01 Å². The molecule has 26 heavy (non-hydrogen) atoms. The van der Waals surface area contributed by atoms with Crippen molar-refractivity contribution < 1.29 is 26.4 Å². The molecule has 1 atom stereocenters. The van der Waals surface area contributed by atoms with Crippen molar-refractivity contribution in [2.75, 3.05) is 12.1 Å². The minimum Gasteiger partial charge on any atom is -0.306 e. The average molecular weight is 433 g/mol. The van der Waals surface area contributed by atoms with Crippen LogP contribution in [0.4, 0.5) is 18.9 Å². The molecule has 0 radical (unpaired) electrons. The molecule has 3 N–H and O–H groups in total. The second-order valence-electron chi connectivity index (χ2n) is 5.18. The highest BCUT2D eigenvalue weighted by Crippen LogP contribution is 2.43. The normalized spacial score (nSPS) is 18.3. The number of nitrogens with two attached hydrogens (primary N) is 1. The summed E-state index contributed by atoms with van der Waals surface area (Å²) in [5, 5.41) is -0.155. The first kappa shape index (κ1) is 20.8. The number of nitrogens with zero attached hydrogens (tertiary/aromatic N) is 2. The van der Waals surface area contributed by atoms with Crippen LogP contribution in [-0.4, -0.2) is 31.8 Å². The third-order valence-corrected chi connectivity index (χ3v) is 5.35. The quantitative estimate of drug-likeness (QED) is 0.760. The largest absolute Gasteiger partial charge is 0.416 e. The van der Waals surface area contributed by atoms with Gasteiger partial charge in [0.25, 0.3) is 0 Å². The Morgan fingerprint density at radius 2 is 1.77 bits per heavy atom. The van der Waals surface area contributed by atoms with Crippen LogP contribution in [0.2, 0.25) is 10.0 Å². The Bertz CT molecular complexity index is 866. The summed E-state index contributed by atoms with van der Waals surface area (Å²) in [4.78, 5) is 11.8. The van der Waals surface area contributed by atoms with E-state index in [-0.39, 0.29) is 11.4 Å². The van der Waals surface area contributed by atoms with Gasteiger partial charge < -0.3 is 5.73 Å². The van der Waals surface area contributed by atoms with Gasteiger partial charge in [0, 0.05) is 14.0 Å². The molecular weight excluding hydrogens is 420 g/mol. The van der Waals surface area contributed by atoms with E-state index < -0.39 is 43.9 Å². The second-order valence-corrected chi connectivity index (χ2v) is 7.70. The number of allylic oxidation sites excluding steroid dienone is 1. The third kappa shape index (κ3) is 3.62.